The highest BCUT2D eigenvalue weighted by molar-refractivity contribution is 5.99. The minimum atomic E-state index is -4.46. The fourth-order valence-corrected chi connectivity index (χ4v) is 2.54. The van der Waals surface area contributed by atoms with Crippen LogP contribution in [0.4, 0.5) is 18.9 Å². The normalized spacial score (nSPS) is 20.0. The van der Waals surface area contributed by atoms with Crippen LogP contribution in [-0.2, 0) is 15.8 Å². The maximum absolute atomic E-state index is 12.6. The van der Waals surface area contributed by atoms with Gasteiger partial charge >= 0.3 is 6.18 Å². The average molecular weight is 328 g/mol. The summed E-state index contributed by atoms with van der Waals surface area (Å²) in [4.78, 5) is 25.9. The molecule has 1 aliphatic rings. The number of benzene rings is 1. The summed E-state index contributed by atoms with van der Waals surface area (Å²) in [7, 11) is 0. The standard InChI is InChI=1S/C16H19F3N2O2/c1-3-21(4-2)15(23)13-9-12(13)14(22)20-11-7-5-6-10(8-11)16(17,18)19/h5-8,12-13H,3-4,9H2,1-2H3,(H,20,22). The van der Waals surface area contributed by atoms with Gasteiger partial charge in [0.05, 0.1) is 17.4 Å². The number of alkyl halides is 3. The van der Waals surface area contributed by atoms with Crippen LogP contribution in [0, 0.1) is 11.8 Å². The Morgan fingerprint density at radius 3 is 2.43 bits per heavy atom. The van der Waals surface area contributed by atoms with E-state index in [9.17, 15) is 22.8 Å². The zero-order valence-electron chi connectivity index (χ0n) is 13.0. The zero-order valence-corrected chi connectivity index (χ0v) is 13.0. The molecule has 0 heterocycles. The van der Waals surface area contributed by atoms with Gasteiger partial charge in [-0.25, -0.2) is 0 Å². The first kappa shape index (κ1) is 17.3. The lowest BCUT2D eigenvalue weighted by Gasteiger charge is -2.18. The molecule has 1 N–H and O–H groups in total. The van der Waals surface area contributed by atoms with Gasteiger partial charge in [-0.3, -0.25) is 9.59 Å². The molecule has 1 saturated carbocycles. The van der Waals surface area contributed by atoms with Crippen LogP contribution < -0.4 is 5.32 Å². The predicted molar refractivity (Wildman–Crippen MR) is 79.6 cm³/mol. The molecule has 0 saturated heterocycles. The van der Waals surface area contributed by atoms with Gasteiger partial charge in [-0.05, 0) is 38.5 Å². The molecule has 2 amide bonds. The summed E-state index contributed by atoms with van der Waals surface area (Å²) < 4.78 is 37.9. The topological polar surface area (TPSA) is 49.4 Å². The fourth-order valence-electron chi connectivity index (χ4n) is 2.54. The Labute approximate surface area is 132 Å². The second-order valence-corrected chi connectivity index (χ2v) is 5.53. The number of halogens is 3. The van der Waals surface area contributed by atoms with Crippen molar-refractivity contribution in [2.75, 3.05) is 18.4 Å². The largest absolute Gasteiger partial charge is 0.416 e. The predicted octanol–water partition coefficient (Wildman–Crippen LogP) is 3.15. The Morgan fingerprint density at radius 1 is 1.22 bits per heavy atom. The van der Waals surface area contributed by atoms with Gasteiger partial charge in [0, 0.05) is 18.8 Å². The molecular weight excluding hydrogens is 309 g/mol. The summed E-state index contributed by atoms with van der Waals surface area (Å²) >= 11 is 0. The molecule has 2 rings (SSSR count). The van der Waals surface area contributed by atoms with Gasteiger partial charge in [0.15, 0.2) is 0 Å². The Bertz CT molecular complexity index is 597. The first-order valence-electron chi connectivity index (χ1n) is 7.54. The van der Waals surface area contributed by atoms with Crippen molar-refractivity contribution in [2.24, 2.45) is 11.8 Å². The van der Waals surface area contributed by atoms with Crippen molar-refractivity contribution in [3.05, 3.63) is 29.8 Å². The van der Waals surface area contributed by atoms with E-state index in [1.165, 1.54) is 12.1 Å². The Kier molecular flexibility index (Phi) is 4.97. The Balaban J connectivity index is 1.98. The molecule has 2 unspecified atom stereocenters. The van der Waals surface area contributed by atoms with Crippen LogP contribution in [0.25, 0.3) is 0 Å². The monoisotopic (exact) mass is 328 g/mol. The molecule has 1 aromatic rings. The molecule has 0 spiro atoms. The summed E-state index contributed by atoms with van der Waals surface area (Å²) in [5.74, 6) is -1.30. The van der Waals surface area contributed by atoms with Crippen LogP contribution in [0.2, 0.25) is 0 Å². The SMILES string of the molecule is CCN(CC)C(=O)C1CC1C(=O)Nc1cccc(C(F)(F)F)c1. The van der Waals surface area contributed by atoms with E-state index < -0.39 is 23.6 Å². The second-order valence-electron chi connectivity index (χ2n) is 5.53. The number of nitrogens with zero attached hydrogens (tertiary/aromatic N) is 1. The molecule has 1 aliphatic carbocycles. The number of hydrogen-bond acceptors (Lipinski definition) is 2. The molecule has 7 heteroatoms. The van der Waals surface area contributed by atoms with Gasteiger partial charge < -0.3 is 10.2 Å². The molecule has 0 aromatic heterocycles. The zero-order chi connectivity index (χ0) is 17.2. The maximum Gasteiger partial charge on any atom is 0.416 e. The van der Waals surface area contributed by atoms with Crippen molar-refractivity contribution in [2.45, 2.75) is 26.4 Å². The molecule has 0 radical (unpaired) electrons. The highest BCUT2D eigenvalue weighted by Crippen LogP contribution is 2.41. The van der Waals surface area contributed by atoms with Crippen LogP contribution in [0.15, 0.2) is 24.3 Å². The molecule has 4 nitrogen and oxygen atoms in total. The highest BCUT2D eigenvalue weighted by atomic mass is 19.4. The van der Waals surface area contributed by atoms with Crippen molar-refractivity contribution in [3.63, 3.8) is 0 Å². The van der Waals surface area contributed by atoms with Crippen molar-refractivity contribution in [1.29, 1.82) is 0 Å². The molecule has 1 aromatic carbocycles. The maximum atomic E-state index is 12.6. The molecule has 0 bridgehead atoms. The lowest BCUT2D eigenvalue weighted by molar-refractivity contribution is -0.137. The third-order valence-electron chi connectivity index (χ3n) is 3.98. The van der Waals surface area contributed by atoms with E-state index in [0.29, 0.717) is 19.5 Å². The van der Waals surface area contributed by atoms with E-state index in [1.807, 2.05) is 13.8 Å². The van der Waals surface area contributed by atoms with E-state index in [4.69, 9.17) is 0 Å². The number of rotatable bonds is 5. The van der Waals surface area contributed by atoms with E-state index in [0.717, 1.165) is 12.1 Å². The summed E-state index contributed by atoms with van der Waals surface area (Å²) in [5.41, 5.74) is -0.729. The van der Waals surface area contributed by atoms with E-state index in [-0.39, 0.29) is 17.5 Å². The van der Waals surface area contributed by atoms with Crippen LogP contribution in [0.5, 0.6) is 0 Å². The number of hydrogen-bond donors (Lipinski definition) is 1. The lowest BCUT2D eigenvalue weighted by Crippen LogP contribution is -2.33. The molecule has 23 heavy (non-hydrogen) atoms. The molecular formula is C16H19F3N2O2. The van der Waals surface area contributed by atoms with Crippen LogP contribution >= 0.6 is 0 Å². The quantitative estimate of drug-likeness (QED) is 0.903. The van der Waals surface area contributed by atoms with E-state index in [2.05, 4.69) is 5.32 Å². The Hall–Kier alpha value is -2.05. The van der Waals surface area contributed by atoms with Gasteiger partial charge in [0.1, 0.15) is 0 Å². The summed E-state index contributed by atoms with van der Waals surface area (Å²) in [6, 6.07) is 4.47. The number of amides is 2. The van der Waals surface area contributed by atoms with Gasteiger partial charge in [0.2, 0.25) is 11.8 Å². The van der Waals surface area contributed by atoms with Gasteiger partial charge in [-0.1, -0.05) is 6.07 Å². The van der Waals surface area contributed by atoms with E-state index >= 15 is 0 Å². The van der Waals surface area contributed by atoms with Gasteiger partial charge in [-0.2, -0.15) is 13.2 Å². The van der Waals surface area contributed by atoms with Crippen LogP contribution in [0.3, 0.4) is 0 Å². The first-order chi connectivity index (χ1) is 10.8. The van der Waals surface area contributed by atoms with Gasteiger partial charge in [-0.15, -0.1) is 0 Å². The Morgan fingerprint density at radius 2 is 1.87 bits per heavy atom. The lowest BCUT2D eigenvalue weighted by atomic mass is 10.2. The van der Waals surface area contributed by atoms with E-state index in [1.54, 1.807) is 4.90 Å². The molecule has 1 fully saturated rings. The summed E-state index contributed by atoms with van der Waals surface area (Å²) in [5, 5.41) is 2.47. The van der Waals surface area contributed by atoms with Crippen LogP contribution in [0.1, 0.15) is 25.8 Å². The fraction of sp³-hybridized carbons (Fsp3) is 0.500. The third kappa shape index (κ3) is 4.03. The van der Waals surface area contributed by atoms with Crippen LogP contribution in [-0.4, -0.2) is 29.8 Å². The van der Waals surface area contributed by atoms with Gasteiger partial charge in [0.25, 0.3) is 0 Å². The molecule has 0 aliphatic heterocycles. The van der Waals surface area contributed by atoms with Crippen molar-refractivity contribution >= 4 is 17.5 Å². The third-order valence-corrected chi connectivity index (χ3v) is 3.98. The average Bonchev–Trinajstić information content (AvgIpc) is 3.28. The van der Waals surface area contributed by atoms with Crippen molar-refractivity contribution in [1.82, 2.24) is 4.90 Å². The number of nitrogens with one attached hydrogen (secondary N) is 1. The smallest absolute Gasteiger partial charge is 0.343 e. The number of anilines is 1. The first-order valence-corrected chi connectivity index (χ1v) is 7.54. The summed E-state index contributed by atoms with van der Waals surface area (Å²) in [6.45, 7) is 4.88. The summed E-state index contributed by atoms with van der Waals surface area (Å²) in [6.07, 6.45) is -4.01. The molecule has 2 atom stereocenters. The van der Waals surface area contributed by atoms with Crippen molar-refractivity contribution in [3.8, 4) is 0 Å². The highest BCUT2D eigenvalue weighted by Gasteiger charge is 2.49. The molecule has 126 valence electrons. The van der Waals surface area contributed by atoms with Crippen molar-refractivity contribution < 1.29 is 22.8 Å². The minimum Gasteiger partial charge on any atom is -0.343 e. The number of carbonyl (C=O) groups is 2. The second kappa shape index (κ2) is 6.60. The number of carbonyl (C=O) groups excluding carboxylic acids is 2. The minimum absolute atomic E-state index is 0.0702.